The van der Waals surface area contributed by atoms with Gasteiger partial charge in [-0.25, -0.2) is 4.98 Å². The molecule has 1 aromatic heterocycles. The van der Waals surface area contributed by atoms with E-state index in [0.717, 1.165) is 11.8 Å². The van der Waals surface area contributed by atoms with E-state index in [4.69, 9.17) is 0 Å². The van der Waals surface area contributed by atoms with Gasteiger partial charge in [0.25, 0.3) is 5.69 Å². The number of carbonyl (C=O) groups excluding carboxylic acids is 1. The highest BCUT2D eigenvalue weighted by molar-refractivity contribution is 7.99. The SMILES string of the molecule is CCNc1cc([N+](=O)[O-])cc(SCC(=O)OC)n1. The Hall–Kier alpha value is -1.83. The molecule has 0 fully saturated rings. The number of rotatable bonds is 6. The number of pyridine rings is 1. The summed E-state index contributed by atoms with van der Waals surface area (Å²) in [6, 6.07) is 2.68. The monoisotopic (exact) mass is 271 g/mol. The number of thioether (sulfide) groups is 1. The van der Waals surface area contributed by atoms with Crippen LogP contribution in [0.3, 0.4) is 0 Å². The van der Waals surface area contributed by atoms with Crippen molar-refractivity contribution in [2.75, 3.05) is 24.7 Å². The lowest BCUT2D eigenvalue weighted by Crippen LogP contribution is -2.05. The van der Waals surface area contributed by atoms with Crippen molar-refractivity contribution in [1.29, 1.82) is 0 Å². The maximum absolute atomic E-state index is 11.0. The van der Waals surface area contributed by atoms with Crippen LogP contribution in [0, 0.1) is 10.1 Å². The van der Waals surface area contributed by atoms with Crippen molar-refractivity contribution in [3.63, 3.8) is 0 Å². The molecule has 0 aromatic carbocycles. The Labute approximate surface area is 108 Å². The van der Waals surface area contributed by atoms with Gasteiger partial charge in [0.15, 0.2) is 0 Å². The number of ether oxygens (including phenoxy) is 1. The zero-order chi connectivity index (χ0) is 13.5. The molecule has 0 atom stereocenters. The molecule has 7 nitrogen and oxygen atoms in total. The molecule has 0 saturated heterocycles. The maximum Gasteiger partial charge on any atom is 0.316 e. The van der Waals surface area contributed by atoms with Gasteiger partial charge in [-0.15, -0.1) is 0 Å². The van der Waals surface area contributed by atoms with E-state index in [2.05, 4.69) is 15.0 Å². The van der Waals surface area contributed by atoms with Crippen molar-refractivity contribution in [1.82, 2.24) is 4.98 Å². The summed E-state index contributed by atoms with van der Waals surface area (Å²) in [4.78, 5) is 25.4. The molecule has 0 bridgehead atoms. The van der Waals surface area contributed by atoms with E-state index in [9.17, 15) is 14.9 Å². The number of esters is 1. The number of methoxy groups -OCH3 is 1. The first kappa shape index (κ1) is 14.2. The number of hydrogen-bond acceptors (Lipinski definition) is 7. The van der Waals surface area contributed by atoms with Crippen molar-refractivity contribution in [3.8, 4) is 0 Å². The summed E-state index contributed by atoms with van der Waals surface area (Å²) in [6.07, 6.45) is 0. The van der Waals surface area contributed by atoms with Crippen molar-refractivity contribution < 1.29 is 14.5 Å². The molecule has 1 aromatic rings. The lowest BCUT2D eigenvalue weighted by molar-refractivity contribution is -0.385. The van der Waals surface area contributed by atoms with Crippen LogP contribution in [-0.2, 0) is 9.53 Å². The predicted molar refractivity (Wildman–Crippen MR) is 67.8 cm³/mol. The summed E-state index contributed by atoms with van der Waals surface area (Å²) in [5.74, 6) is 0.0772. The van der Waals surface area contributed by atoms with E-state index in [1.54, 1.807) is 0 Å². The Balaban J connectivity index is 2.88. The summed E-state index contributed by atoms with van der Waals surface area (Å²) >= 11 is 1.09. The Kier molecular flexibility index (Phi) is 5.37. The topological polar surface area (TPSA) is 94.4 Å². The zero-order valence-corrected chi connectivity index (χ0v) is 10.8. The smallest absolute Gasteiger partial charge is 0.316 e. The highest BCUT2D eigenvalue weighted by Crippen LogP contribution is 2.24. The van der Waals surface area contributed by atoms with Crippen molar-refractivity contribution in [2.45, 2.75) is 11.9 Å². The summed E-state index contributed by atoms with van der Waals surface area (Å²) in [7, 11) is 1.29. The summed E-state index contributed by atoms with van der Waals surface area (Å²) in [6.45, 7) is 2.47. The number of anilines is 1. The number of nitrogens with one attached hydrogen (secondary N) is 1. The molecule has 0 aliphatic rings. The van der Waals surface area contributed by atoms with Crippen LogP contribution in [-0.4, -0.2) is 35.3 Å². The van der Waals surface area contributed by atoms with E-state index >= 15 is 0 Å². The second-order valence-corrected chi connectivity index (χ2v) is 4.20. The number of carbonyl (C=O) groups is 1. The molecular formula is C10H13N3O4S. The van der Waals surface area contributed by atoms with Gasteiger partial charge in [-0.05, 0) is 6.92 Å². The molecule has 8 heteroatoms. The molecule has 98 valence electrons. The number of nitrogens with zero attached hydrogens (tertiary/aromatic N) is 2. The summed E-state index contributed by atoms with van der Waals surface area (Å²) < 4.78 is 4.49. The maximum atomic E-state index is 11.0. The Bertz CT molecular complexity index is 453. The molecule has 0 amide bonds. The second-order valence-electron chi connectivity index (χ2n) is 3.20. The van der Waals surface area contributed by atoms with E-state index in [1.807, 2.05) is 6.92 Å². The number of hydrogen-bond donors (Lipinski definition) is 1. The van der Waals surface area contributed by atoms with Gasteiger partial charge in [-0.3, -0.25) is 14.9 Å². The first-order valence-corrected chi connectivity index (χ1v) is 6.15. The standard InChI is InChI=1S/C10H13N3O4S/c1-3-11-8-4-7(13(15)16)5-9(12-8)18-6-10(14)17-2/h4-5H,3,6H2,1-2H3,(H,11,12). The van der Waals surface area contributed by atoms with E-state index in [-0.39, 0.29) is 11.4 Å². The van der Waals surface area contributed by atoms with Crippen LogP contribution in [0.15, 0.2) is 17.2 Å². The van der Waals surface area contributed by atoms with Gasteiger partial charge >= 0.3 is 5.97 Å². The van der Waals surface area contributed by atoms with Crippen LogP contribution in [0.1, 0.15) is 6.92 Å². The van der Waals surface area contributed by atoms with Crippen LogP contribution < -0.4 is 5.32 Å². The van der Waals surface area contributed by atoms with Gasteiger partial charge in [-0.1, -0.05) is 11.8 Å². The Morgan fingerprint density at radius 1 is 1.61 bits per heavy atom. The van der Waals surface area contributed by atoms with Gasteiger partial charge in [0.2, 0.25) is 0 Å². The third kappa shape index (κ3) is 4.21. The average molecular weight is 271 g/mol. The Morgan fingerprint density at radius 3 is 2.89 bits per heavy atom. The van der Waals surface area contributed by atoms with Gasteiger partial charge in [0, 0.05) is 12.6 Å². The van der Waals surface area contributed by atoms with Crippen LogP contribution in [0.4, 0.5) is 11.5 Å². The zero-order valence-electron chi connectivity index (χ0n) is 10.0. The molecule has 0 aliphatic heterocycles. The molecule has 1 N–H and O–H groups in total. The molecule has 18 heavy (non-hydrogen) atoms. The molecule has 1 heterocycles. The fourth-order valence-electron chi connectivity index (χ4n) is 1.13. The minimum atomic E-state index is -0.495. The first-order valence-electron chi connectivity index (χ1n) is 5.16. The minimum absolute atomic E-state index is 0.0617. The normalized spacial score (nSPS) is 9.89. The van der Waals surface area contributed by atoms with Crippen LogP contribution in [0.25, 0.3) is 0 Å². The van der Waals surface area contributed by atoms with Gasteiger partial charge in [0.05, 0.1) is 23.9 Å². The fraction of sp³-hybridized carbons (Fsp3) is 0.400. The molecule has 1 rings (SSSR count). The van der Waals surface area contributed by atoms with Crippen molar-refractivity contribution >= 4 is 29.2 Å². The molecule has 0 radical (unpaired) electrons. The molecule has 0 spiro atoms. The van der Waals surface area contributed by atoms with Gasteiger partial charge in [0.1, 0.15) is 10.8 Å². The molecular weight excluding hydrogens is 258 g/mol. The molecule has 0 saturated carbocycles. The third-order valence-corrected chi connectivity index (χ3v) is 2.81. The first-order chi connectivity index (χ1) is 8.56. The Morgan fingerprint density at radius 2 is 2.33 bits per heavy atom. The summed E-state index contributed by atoms with van der Waals surface area (Å²) in [5, 5.41) is 14.1. The lowest BCUT2D eigenvalue weighted by atomic mass is 10.4. The lowest BCUT2D eigenvalue weighted by Gasteiger charge is -2.05. The van der Waals surface area contributed by atoms with Crippen LogP contribution in [0.5, 0.6) is 0 Å². The fourth-order valence-corrected chi connectivity index (χ4v) is 1.88. The van der Waals surface area contributed by atoms with E-state index < -0.39 is 10.9 Å². The predicted octanol–water partition coefficient (Wildman–Crippen LogP) is 1.69. The molecule has 0 aliphatic carbocycles. The van der Waals surface area contributed by atoms with Gasteiger partial charge < -0.3 is 10.1 Å². The van der Waals surface area contributed by atoms with E-state index in [1.165, 1.54) is 19.2 Å². The largest absolute Gasteiger partial charge is 0.468 e. The van der Waals surface area contributed by atoms with Crippen LogP contribution >= 0.6 is 11.8 Å². The minimum Gasteiger partial charge on any atom is -0.468 e. The third-order valence-electron chi connectivity index (χ3n) is 1.92. The number of nitro groups is 1. The van der Waals surface area contributed by atoms with Gasteiger partial charge in [-0.2, -0.15) is 0 Å². The quantitative estimate of drug-likeness (QED) is 0.364. The number of aromatic nitrogens is 1. The summed E-state index contributed by atoms with van der Waals surface area (Å²) in [5.41, 5.74) is -0.0617. The van der Waals surface area contributed by atoms with E-state index in [0.29, 0.717) is 17.4 Å². The van der Waals surface area contributed by atoms with Crippen molar-refractivity contribution in [3.05, 3.63) is 22.2 Å². The highest BCUT2D eigenvalue weighted by atomic mass is 32.2. The van der Waals surface area contributed by atoms with Crippen LogP contribution in [0.2, 0.25) is 0 Å². The van der Waals surface area contributed by atoms with Crippen molar-refractivity contribution in [2.24, 2.45) is 0 Å². The second kappa shape index (κ2) is 6.80. The molecule has 0 unspecified atom stereocenters. The average Bonchev–Trinajstić information content (AvgIpc) is 2.36. The highest BCUT2D eigenvalue weighted by Gasteiger charge is 2.12.